The summed E-state index contributed by atoms with van der Waals surface area (Å²) in [6.45, 7) is 0. The van der Waals surface area contributed by atoms with Gasteiger partial charge in [-0.2, -0.15) is 0 Å². The van der Waals surface area contributed by atoms with Gasteiger partial charge < -0.3 is 5.11 Å². The highest BCUT2D eigenvalue weighted by atomic mass is 127. The van der Waals surface area contributed by atoms with E-state index < -0.39 is 0 Å². The third-order valence-corrected chi connectivity index (χ3v) is 7.67. The van der Waals surface area contributed by atoms with Crippen LogP contribution in [0.15, 0.2) is 121 Å². The molecule has 5 rings (SSSR count). The molecular formula is C31H22I2O. The predicted octanol–water partition coefficient (Wildman–Crippen LogP) is 9.12. The molecule has 0 aliphatic rings. The molecule has 0 aromatic heterocycles. The molecule has 1 nitrogen and oxygen atoms in total. The van der Waals surface area contributed by atoms with Gasteiger partial charge in [0.25, 0.3) is 0 Å². The number of rotatable bonds is 5. The Kier molecular flexibility index (Phi) is 7.02. The van der Waals surface area contributed by atoms with Gasteiger partial charge in [0.1, 0.15) is 5.75 Å². The van der Waals surface area contributed by atoms with Crippen LogP contribution in [0.25, 0.3) is 22.3 Å². The molecule has 5 aromatic carbocycles. The number of benzene rings is 5. The molecule has 3 heteroatoms. The molecule has 0 radical (unpaired) electrons. The number of phenolic OH excluding ortho intramolecular Hbond substituents is 1. The average Bonchev–Trinajstić information content (AvgIpc) is 2.89. The fourth-order valence-electron chi connectivity index (χ4n) is 4.39. The van der Waals surface area contributed by atoms with Crippen LogP contribution in [0.5, 0.6) is 5.75 Å². The maximum Gasteiger partial charge on any atom is 0.142 e. The molecule has 5 aromatic rings. The van der Waals surface area contributed by atoms with Crippen molar-refractivity contribution in [2.45, 2.75) is 5.92 Å². The van der Waals surface area contributed by atoms with Crippen molar-refractivity contribution in [3.05, 3.63) is 145 Å². The van der Waals surface area contributed by atoms with Crippen molar-refractivity contribution in [1.29, 1.82) is 0 Å². The zero-order valence-corrected chi connectivity index (χ0v) is 22.6. The fourth-order valence-corrected chi connectivity index (χ4v) is 6.20. The van der Waals surface area contributed by atoms with Gasteiger partial charge in [-0.1, -0.05) is 109 Å². The lowest BCUT2D eigenvalue weighted by Gasteiger charge is -2.22. The number of aromatic hydroxyl groups is 1. The van der Waals surface area contributed by atoms with E-state index in [2.05, 4.69) is 154 Å². The standard InChI is InChI=1S/C31H22I2O/c32-28-19-27(20-29(33)31(28)34)30(25-15-7-13-23(17-25)21-9-3-1-4-10-21)26-16-8-14-24(18-26)22-11-5-2-6-12-22/h1-20,30,34H. The SMILES string of the molecule is Oc1c(I)cc(C(c2cccc(-c3ccccc3)c2)c2cccc(-c3ccccc3)c2)cc1I. The van der Waals surface area contributed by atoms with Crippen LogP contribution in [-0.4, -0.2) is 5.11 Å². The summed E-state index contributed by atoms with van der Waals surface area (Å²) >= 11 is 4.45. The van der Waals surface area contributed by atoms with E-state index in [1.807, 2.05) is 12.1 Å². The van der Waals surface area contributed by atoms with E-state index in [1.165, 1.54) is 38.9 Å². The lowest BCUT2D eigenvalue weighted by Crippen LogP contribution is -2.05. The zero-order chi connectivity index (χ0) is 23.5. The highest BCUT2D eigenvalue weighted by Gasteiger charge is 2.20. The molecule has 34 heavy (non-hydrogen) atoms. The first-order valence-electron chi connectivity index (χ1n) is 11.1. The first-order chi connectivity index (χ1) is 16.6. The van der Waals surface area contributed by atoms with Crippen molar-refractivity contribution in [1.82, 2.24) is 0 Å². The van der Waals surface area contributed by atoms with Gasteiger partial charge in [0.05, 0.1) is 7.14 Å². The third kappa shape index (κ3) is 4.91. The van der Waals surface area contributed by atoms with Gasteiger partial charge in [0.15, 0.2) is 0 Å². The molecule has 0 saturated carbocycles. The predicted molar refractivity (Wildman–Crippen MR) is 158 cm³/mol. The van der Waals surface area contributed by atoms with E-state index >= 15 is 0 Å². The zero-order valence-electron chi connectivity index (χ0n) is 18.3. The largest absolute Gasteiger partial charge is 0.506 e. The molecule has 0 aliphatic heterocycles. The maximum absolute atomic E-state index is 10.4. The lowest BCUT2D eigenvalue weighted by atomic mass is 9.83. The summed E-state index contributed by atoms with van der Waals surface area (Å²) in [5.74, 6) is 0.384. The molecule has 166 valence electrons. The molecule has 0 spiro atoms. The van der Waals surface area contributed by atoms with Crippen molar-refractivity contribution in [2.24, 2.45) is 0 Å². The van der Waals surface area contributed by atoms with Crippen LogP contribution in [-0.2, 0) is 0 Å². The molecule has 0 heterocycles. The Balaban J connectivity index is 1.69. The Hall–Kier alpha value is -2.64. The summed E-state index contributed by atoms with van der Waals surface area (Å²) in [5, 5.41) is 10.4. The number of phenols is 1. The molecule has 0 bridgehead atoms. The Morgan fingerprint density at radius 2 is 0.853 bits per heavy atom. The summed E-state index contributed by atoms with van der Waals surface area (Å²) < 4.78 is 1.73. The van der Waals surface area contributed by atoms with Crippen LogP contribution < -0.4 is 0 Å². The highest BCUT2D eigenvalue weighted by molar-refractivity contribution is 14.1. The van der Waals surface area contributed by atoms with Gasteiger partial charge in [-0.15, -0.1) is 0 Å². The van der Waals surface area contributed by atoms with Crippen LogP contribution in [0, 0.1) is 7.14 Å². The second-order valence-electron chi connectivity index (χ2n) is 8.25. The molecule has 1 N–H and O–H groups in total. The maximum atomic E-state index is 10.4. The molecular weight excluding hydrogens is 642 g/mol. The van der Waals surface area contributed by atoms with Crippen LogP contribution in [0.4, 0.5) is 0 Å². The average molecular weight is 664 g/mol. The van der Waals surface area contributed by atoms with Gasteiger partial charge in [-0.25, -0.2) is 0 Å². The van der Waals surface area contributed by atoms with Gasteiger partial charge in [-0.3, -0.25) is 0 Å². The molecule has 0 saturated heterocycles. The van der Waals surface area contributed by atoms with Crippen molar-refractivity contribution >= 4 is 45.2 Å². The Morgan fingerprint density at radius 1 is 0.441 bits per heavy atom. The minimum atomic E-state index is 0.0370. The van der Waals surface area contributed by atoms with Gasteiger partial charge in [0.2, 0.25) is 0 Å². The van der Waals surface area contributed by atoms with E-state index in [4.69, 9.17) is 0 Å². The molecule has 0 aliphatic carbocycles. The minimum Gasteiger partial charge on any atom is -0.506 e. The van der Waals surface area contributed by atoms with Crippen molar-refractivity contribution in [2.75, 3.05) is 0 Å². The van der Waals surface area contributed by atoms with Crippen LogP contribution >= 0.6 is 45.2 Å². The van der Waals surface area contributed by atoms with E-state index in [1.54, 1.807) is 0 Å². The third-order valence-electron chi connectivity index (χ3n) is 6.03. The van der Waals surface area contributed by atoms with E-state index in [9.17, 15) is 5.11 Å². The summed E-state index contributed by atoms with van der Waals surface area (Å²) in [7, 11) is 0. The molecule has 0 unspecified atom stereocenters. The van der Waals surface area contributed by atoms with E-state index in [0.29, 0.717) is 5.75 Å². The number of halogens is 2. The first-order valence-corrected chi connectivity index (χ1v) is 13.2. The molecule has 0 fully saturated rings. The minimum absolute atomic E-state index is 0.0370. The van der Waals surface area contributed by atoms with Crippen LogP contribution in [0.2, 0.25) is 0 Å². The smallest absolute Gasteiger partial charge is 0.142 e. The topological polar surface area (TPSA) is 20.2 Å². The Labute approximate surface area is 227 Å². The van der Waals surface area contributed by atoms with Crippen molar-refractivity contribution < 1.29 is 5.11 Å². The highest BCUT2D eigenvalue weighted by Crippen LogP contribution is 2.39. The second-order valence-corrected chi connectivity index (χ2v) is 10.6. The normalized spacial score (nSPS) is 11.0. The Bertz CT molecular complexity index is 1320. The summed E-state index contributed by atoms with van der Waals surface area (Å²) in [4.78, 5) is 0. The van der Waals surface area contributed by atoms with Crippen LogP contribution in [0.1, 0.15) is 22.6 Å². The first kappa shape index (κ1) is 23.1. The van der Waals surface area contributed by atoms with Crippen molar-refractivity contribution in [3.8, 4) is 28.0 Å². The second kappa shape index (κ2) is 10.3. The summed E-state index contributed by atoms with van der Waals surface area (Å²) in [6, 6.07) is 42.8. The molecule has 0 amide bonds. The van der Waals surface area contributed by atoms with Crippen LogP contribution in [0.3, 0.4) is 0 Å². The van der Waals surface area contributed by atoms with Crippen molar-refractivity contribution in [3.63, 3.8) is 0 Å². The van der Waals surface area contributed by atoms with Gasteiger partial charge in [0, 0.05) is 5.92 Å². The van der Waals surface area contributed by atoms with E-state index in [-0.39, 0.29) is 5.92 Å². The molecule has 0 atom stereocenters. The fraction of sp³-hybridized carbons (Fsp3) is 0.0323. The summed E-state index contributed by atoms with van der Waals surface area (Å²) in [6.07, 6.45) is 0. The quantitative estimate of drug-likeness (QED) is 0.147. The monoisotopic (exact) mass is 664 g/mol. The van der Waals surface area contributed by atoms with Gasteiger partial charge in [-0.05, 0) is 96.3 Å². The van der Waals surface area contributed by atoms with Gasteiger partial charge >= 0.3 is 0 Å². The number of hydrogen-bond donors (Lipinski definition) is 1. The van der Waals surface area contributed by atoms with E-state index in [0.717, 1.165) is 7.14 Å². The number of hydrogen-bond acceptors (Lipinski definition) is 1. The Morgan fingerprint density at radius 3 is 1.29 bits per heavy atom. The lowest BCUT2D eigenvalue weighted by molar-refractivity contribution is 0.467. The summed E-state index contributed by atoms with van der Waals surface area (Å²) in [5.41, 5.74) is 8.43.